The normalized spacial score (nSPS) is 15.2. The molecule has 1 aliphatic rings. The molecule has 7 nitrogen and oxygen atoms in total. The summed E-state index contributed by atoms with van der Waals surface area (Å²) in [5.41, 5.74) is 1.22. The van der Waals surface area contributed by atoms with Gasteiger partial charge >= 0.3 is 5.97 Å². The number of benzene rings is 1. The van der Waals surface area contributed by atoms with Gasteiger partial charge in [0.15, 0.2) is 0 Å². The zero-order valence-corrected chi connectivity index (χ0v) is 15.7. The van der Waals surface area contributed by atoms with E-state index >= 15 is 0 Å². The molecule has 1 aromatic rings. The van der Waals surface area contributed by atoms with Crippen molar-refractivity contribution in [3.05, 3.63) is 35.5 Å². The standard InChI is InChI=1S/C18H23NO6S/c1-3-24-17(21)10-13-12-26-18(19-13)15-5-4-14(11-16(15)20)25-9-8-23-7-6-22-2/h4-5,10-11,20H,3,6-9,12H2,1-2H3/b13-10-. The predicted molar refractivity (Wildman–Crippen MR) is 100 cm³/mol. The van der Waals surface area contributed by atoms with Crippen molar-refractivity contribution >= 4 is 22.8 Å². The Kier molecular flexibility index (Phi) is 8.46. The molecule has 26 heavy (non-hydrogen) atoms. The lowest BCUT2D eigenvalue weighted by Gasteiger charge is -2.09. The van der Waals surface area contributed by atoms with Crippen molar-refractivity contribution in [3.63, 3.8) is 0 Å². The van der Waals surface area contributed by atoms with Crippen LogP contribution in [-0.4, -0.2) is 62.0 Å². The highest BCUT2D eigenvalue weighted by Gasteiger charge is 2.18. The van der Waals surface area contributed by atoms with Gasteiger partial charge in [-0.15, -0.1) is 0 Å². The fourth-order valence-corrected chi connectivity index (χ4v) is 3.06. The number of methoxy groups -OCH3 is 1. The molecule has 0 aromatic heterocycles. The van der Waals surface area contributed by atoms with E-state index in [1.165, 1.54) is 17.8 Å². The van der Waals surface area contributed by atoms with Gasteiger partial charge in [-0.2, -0.15) is 0 Å². The second kappa shape index (κ2) is 10.8. The summed E-state index contributed by atoms with van der Waals surface area (Å²) in [6.45, 7) is 3.96. The fraction of sp³-hybridized carbons (Fsp3) is 0.444. The molecule has 0 fully saturated rings. The highest BCUT2D eigenvalue weighted by atomic mass is 32.2. The highest BCUT2D eigenvalue weighted by molar-refractivity contribution is 8.14. The van der Waals surface area contributed by atoms with Crippen molar-refractivity contribution in [1.82, 2.24) is 0 Å². The van der Waals surface area contributed by atoms with Crippen molar-refractivity contribution in [2.24, 2.45) is 4.99 Å². The molecule has 0 atom stereocenters. The van der Waals surface area contributed by atoms with Crippen LogP contribution >= 0.6 is 11.8 Å². The molecule has 1 aromatic carbocycles. The summed E-state index contributed by atoms with van der Waals surface area (Å²) in [5.74, 6) is 0.776. The molecule has 0 bridgehead atoms. The summed E-state index contributed by atoms with van der Waals surface area (Å²) in [6, 6.07) is 5.05. The van der Waals surface area contributed by atoms with Crippen molar-refractivity contribution < 1.29 is 28.8 Å². The van der Waals surface area contributed by atoms with E-state index in [1.54, 1.807) is 32.2 Å². The summed E-state index contributed by atoms with van der Waals surface area (Å²) >= 11 is 1.45. The maximum atomic E-state index is 11.5. The molecule has 0 amide bonds. The Morgan fingerprint density at radius 3 is 2.85 bits per heavy atom. The average Bonchev–Trinajstić information content (AvgIpc) is 3.06. The number of carbonyl (C=O) groups excluding carboxylic acids is 1. The van der Waals surface area contributed by atoms with Gasteiger partial charge < -0.3 is 24.1 Å². The first-order valence-corrected chi connectivity index (χ1v) is 9.24. The highest BCUT2D eigenvalue weighted by Crippen LogP contribution is 2.32. The number of phenols is 1. The zero-order chi connectivity index (χ0) is 18.8. The van der Waals surface area contributed by atoms with Crippen LogP contribution in [-0.2, 0) is 19.0 Å². The number of thioether (sulfide) groups is 1. The van der Waals surface area contributed by atoms with E-state index in [9.17, 15) is 9.90 Å². The average molecular weight is 381 g/mol. The minimum Gasteiger partial charge on any atom is -0.507 e. The van der Waals surface area contributed by atoms with E-state index < -0.39 is 5.97 Å². The lowest BCUT2D eigenvalue weighted by Crippen LogP contribution is -2.10. The minimum atomic E-state index is -0.409. The van der Waals surface area contributed by atoms with Gasteiger partial charge in [-0.3, -0.25) is 0 Å². The molecule has 1 heterocycles. The Labute approximate surface area is 157 Å². The van der Waals surface area contributed by atoms with Crippen LogP contribution in [0.25, 0.3) is 0 Å². The van der Waals surface area contributed by atoms with Crippen LogP contribution in [0.3, 0.4) is 0 Å². The lowest BCUT2D eigenvalue weighted by atomic mass is 10.2. The number of hydrogen-bond acceptors (Lipinski definition) is 8. The third kappa shape index (κ3) is 6.36. The number of rotatable bonds is 10. The molecule has 142 valence electrons. The van der Waals surface area contributed by atoms with Crippen molar-refractivity contribution in [2.45, 2.75) is 6.92 Å². The third-order valence-electron chi connectivity index (χ3n) is 3.30. The van der Waals surface area contributed by atoms with Gasteiger partial charge in [0.2, 0.25) is 0 Å². The molecule has 0 saturated carbocycles. The monoisotopic (exact) mass is 381 g/mol. The van der Waals surface area contributed by atoms with E-state index in [2.05, 4.69) is 4.99 Å². The molecule has 1 N–H and O–H groups in total. The predicted octanol–water partition coefficient (Wildman–Crippen LogP) is 2.37. The number of esters is 1. The molecule has 1 aliphatic heterocycles. The Morgan fingerprint density at radius 1 is 1.31 bits per heavy atom. The number of aromatic hydroxyl groups is 1. The molecule has 2 rings (SSSR count). The van der Waals surface area contributed by atoms with Crippen molar-refractivity contribution in [1.29, 1.82) is 0 Å². The molecular weight excluding hydrogens is 358 g/mol. The number of hydrogen-bond donors (Lipinski definition) is 1. The van der Waals surface area contributed by atoms with E-state index in [1.807, 2.05) is 0 Å². The van der Waals surface area contributed by atoms with Crippen molar-refractivity contribution in [2.75, 3.05) is 45.9 Å². The Bertz CT molecular complexity index is 674. The second-order valence-electron chi connectivity index (χ2n) is 5.23. The first kappa shape index (κ1) is 20.3. The second-order valence-corrected chi connectivity index (χ2v) is 6.19. The van der Waals surface area contributed by atoms with Crippen LogP contribution < -0.4 is 4.74 Å². The van der Waals surface area contributed by atoms with Gasteiger partial charge in [0.25, 0.3) is 0 Å². The number of nitrogens with zero attached hydrogens (tertiary/aromatic N) is 1. The lowest BCUT2D eigenvalue weighted by molar-refractivity contribution is -0.137. The summed E-state index contributed by atoms with van der Waals surface area (Å²) in [7, 11) is 1.62. The number of phenolic OH excluding ortho intramolecular Hbond substituents is 1. The summed E-state index contributed by atoms with van der Waals surface area (Å²) < 4.78 is 20.6. The van der Waals surface area contributed by atoms with Crippen LogP contribution in [0.4, 0.5) is 0 Å². The molecule has 0 aliphatic carbocycles. The number of carbonyl (C=O) groups is 1. The number of ether oxygens (including phenoxy) is 4. The van der Waals surface area contributed by atoms with Gasteiger partial charge in [-0.1, -0.05) is 11.8 Å². The van der Waals surface area contributed by atoms with E-state index in [0.29, 0.717) is 60.8 Å². The minimum absolute atomic E-state index is 0.0754. The molecule has 0 saturated heterocycles. The van der Waals surface area contributed by atoms with Gasteiger partial charge in [0.05, 0.1) is 32.1 Å². The van der Waals surface area contributed by atoms with Crippen molar-refractivity contribution in [3.8, 4) is 11.5 Å². The van der Waals surface area contributed by atoms with Gasteiger partial charge in [0.1, 0.15) is 23.1 Å². The quantitative estimate of drug-likeness (QED) is 0.378. The van der Waals surface area contributed by atoms with Crippen LogP contribution in [0.1, 0.15) is 12.5 Å². The van der Waals surface area contributed by atoms with E-state index in [0.717, 1.165) is 0 Å². The Balaban J connectivity index is 1.92. The SMILES string of the molecule is CCOC(=O)/C=C1/CSC(c2ccc(OCCOCCOC)cc2O)=N1. The topological polar surface area (TPSA) is 86.6 Å². The maximum absolute atomic E-state index is 11.5. The zero-order valence-electron chi connectivity index (χ0n) is 14.9. The first-order valence-electron chi connectivity index (χ1n) is 8.25. The molecule has 0 radical (unpaired) electrons. The smallest absolute Gasteiger partial charge is 0.332 e. The van der Waals surface area contributed by atoms with Gasteiger partial charge in [-0.05, 0) is 19.1 Å². The third-order valence-corrected chi connectivity index (χ3v) is 4.33. The summed E-state index contributed by atoms with van der Waals surface area (Å²) in [4.78, 5) is 15.9. The fourth-order valence-electron chi connectivity index (χ4n) is 2.11. The molecule has 8 heteroatoms. The van der Waals surface area contributed by atoms with Gasteiger partial charge in [-0.25, -0.2) is 9.79 Å². The van der Waals surface area contributed by atoms with Gasteiger partial charge in [0, 0.05) is 30.6 Å². The molecule has 0 unspecified atom stereocenters. The van der Waals surface area contributed by atoms with E-state index in [-0.39, 0.29) is 5.75 Å². The first-order chi connectivity index (χ1) is 12.6. The van der Waals surface area contributed by atoms with Crippen LogP contribution in [0.5, 0.6) is 11.5 Å². The number of aliphatic imine (C=N–C) groups is 1. The van der Waals surface area contributed by atoms with Crippen LogP contribution in [0, 0.1) is 0 Å². The van der Waals surface area contributed by atoms with Crippen LogP contribution in [0.2, 0.25) is 0 Å². The molecular formula is C18H23NO6S. The summed E-state index contributed by atoms with van der Waals surface area (Å²) in [6.07, 6.45) is 1.38. The Hall–Kier alpha value is -2.03. The Morgan fingerprint density at radius 2 is 2.12 bits per heavy atom. The summed E-state index contributed by atoms with van der Waals surface area (Å²) in [5, 5.41) is 10.9. The van der Waals surface area contributed by atoms with Crippen LogP contribution in [0.15, 0.2) is 35.0 Å². The molecule has 0 spiro atoms. The van der Waals surface area contributed by atoms with E-state index in [4.69, 9.17) is 18.9 Å². The largest absolute Gasteiger partial charge is 0.507 e. The maximum Gasteiger partial charge on any atom is 0.332 e.